The molecule has 4 nitrogen and oxygen atoms in total. The van der Waals surface area contributed by atoms with Gasteiger partial charge in [-0.25, -0.2) is 8.78 Å². The molecule has 0 radical (unpaired) electrons. The van der Waals surface area contributed by atoms with E-state index in [9.17, 15) is 18.4 Å². The zero-order chi connectivity index (χ0) is 14.6. The van der Waals surface area contributed by atoms with Gasteiger partial charge in [0.15, 0.2) is 5.92 Å². The van der Waals surface area contributed by atoms with Crippen molar-refractivity contribution in [1.29, 1.82) is 0 Å². The molecule has 0 spiro atoms. The van der Waals surface area contributed by atoms with Gasteiger partial charge in [0.05, 0.1) is 18.7 Å². The summed E-state index contributed by atoms with van der Waals surface area (Å²) in [6, 6.07) is 2.23. The summed E-state index contributed by atoms with van der Waals surface area (Å²) in [6.07, 6.45) is -0.476. The summed E-state index contributed by atoms with van der Waals surface area (Å²) >= 11 is 2.90. The predicted molar refractivity (Wildman–Crippen MR) is 65.3 cm³/mol. The predicted octanol–water partition coefficient (Wildman–Crippen LogP) is 2.23. The average Bonchev–Trinajstić information content (AvgIpc) is 2.41. The third-order valence-corrected chi connectivity index (χ3v) is 3.13. The van der Waals surface area contributed by atoms with E-state index in [1.807, 2.05) is 0 Å². The number of hydrogen-bond acceptors (Lipinski definition) is 4. The van der Waals surface area contributed by atoms with E-state index in [1.54, 1.807) is 0 Å². The molecule has 0 unspecified atom stereocenters. The molecule has 1 aromatic carbocycles. The minimum atomic E-state index is -1.41. The summed E-state index contributed by atoms with van der Waals surface area (Å²) in [7, 11) is 2.15. The number of methoxy groups -OCH3 is 2. The van der Waals surface area contributed by atoms with E-state index in [-0.39, 0.29) is 10.0 Å². The molecule has 104 valence electrons. The quantitative estimate of drug-likeness (QED) is 0.480. The fraction of sp³-hybridized carbons (Fsp3) is 0.333. The van der Waals surface area contributed by atoms with E-state index >= 15 is 0 Å². The Morgan fingerprint density at radius 1 is 1.21 bits per heavy atom. The van der Waals surface area contributed by atoms with Crippen LogP contribution in [0.3, 0.4) is 0 Å². The monoisotopic (exact) mass is 336 g/mol. The highest BCUT2D eigenvalue weighted by Crippen LogP contribution is 2.24. The van der Waals surface area contributed by atoms with Crippen LogP contribution in [0.25, 0.3) is 0 Å². The molecule has 0 saturated carbocycles. The van der Waals surface area contributed by atoms with E-state index in [0.29, 0.717) is 0 Å². The van der Waals surface area contributed by atoms with Crippen LogP contribution in [0, 0.1) is 17.6 Å². The molecule has 0 fully saturated rings. The Balaban J connectivity index is 3.13. The van der Waals surface area contributed by atoms with Crippen LogP contribution in [-0.4, -0.2) is 26.2 Å². The molecule has 0 N–H and O–H groups in total. The van der Waals surface area contributed by atoms with Gasteiger partial charge in [-0.1, -0.05) is 0 Å². The molecular weight excluding hydrogens is 326 g/mol. The van der Waals surface area contributed by atoms with Crippen molar-refractivity contribution in [2.75, 3.05) is 14.2 Å². The zero-order valence-electron chi connectivity index (χ0n) is 10.2. The van der Waals surface area contributed by atoms with Crippen molar-refractivity contribution >= 4 is 27.9 Å². The van der Waals surface area contributed by atoms with Gasteiger partial charge in [0.1, 0.15) is 11.6 Å². The number of rotatable bonds is 4. The number of ether oxygens (including phenoxy) is 2. The van der Waals surface area contributed by atoms with Gasteiger partial charge in [-0.15, -0.1) is 0 Å². The summed E-state index contributed by atoms with van der Waals surface area (Å²) in [5.74, 6) is -4.94. The van der Waals surface area contributed by atoms with Crippen molar-refractivity contribution in [3.05, 3.63) is 33.8 Å². The normalized spacial score (nSPS) is 10.4. The fourth-order valence-electron chi connectivity index (χ4n) is 1.51. The summed E-state index contributed by atoms with van der Waals surface area (Å²) in [5.41, 5.74) is -0.379. The molecule has 0 amide bonds. The average molecular weight is 337 g/mol. The SMILES string of the molecule is COC(=O)C(Cc1c(F)ccc(Br)c1F)C(=O)OC. The van der Waals surface area contributed by atoms with E-state index in [4.69, 9.17) is 0 Å². The van der Waals surface area contributed by atoms with Crippen molar-refractivity contribution in [2.45, 2.75) is 6.42 Å². The maximum Gasteiger partial charge on any atom is 0.320 e. The first-order chi connectivity index (χ1) is 8.92. The molecule has 0 aliphatic carbocycles. The molecule has 0 saturated heterocycles. The first-order valence-electron chi connectivity index (χ1n) is 5.20. The van der Waals surface area contributed by atoms with Crippen molar-refractivity contribution in [3.8, 4) is 0 Å². The molecule has 0 heterocycles. The molecule has 1 rings (SSSR count). The highest BCUT2D eigenvalue weighted by atomic mass is 79.9. The summed E-state index contributed by atoms with van der Waals surface area (Å²) in [6.45, 7) is 0. The third-order valence-electron chi connectivity index (χ3n) is 2.52. The molecule has 0 atom stereocenters. The van der Waals surface area contributed by atoms with Crippen LogP contribution in [0.2, 0.25) is 0 Å². The van der Waals surface area contributed by atoms with Crippen molar-refractivity contribution in [2.24, 2.45) is 5.92 Å². The Hall–Kier alpha value is -1.50. The summed E-state index contributed by atoms with van der Waals surface area (Å²) < 4.78 is 36.2. The maximum absolute atomic E-state index is 13.8. The van der Waals surface area contributed by atoms with E-state index in [2.05, 4.69) is 25.4 Å². The second-order valence-corrected chi connectivity index (χ2v) is 4.48. The zero-order valence-corrected chi connectivity index (χ0v) is 11.8. The van der Waals surface area contributed by atoms with Crippen molar-refractivity contribution in [1.82, 2.24) is 0 Å². The Kier molecular flexibility index (Phi) is 5.41. The number of carbonyl (C=O) groups excluding carboxylic acids is 2. The van der Waals surface area contributed by atoms with Crippen molar-refractivity contribution < 1.29 is 27.8 Å². The molecular formula is C12H11BrF2O4. The van der Waals surface area contributed by atoms with Crippen LogP contribution in [0.5, 0.6) is 0 Å². The number of hydrogen-bond donors (Lipinski definition) is 0. The van der Waals surface area contributed by atoms with Crippen LogP contribution in [0.4, 0.5) is 8.78 Å². The van der Waals surface area contributed by atoms with E-state index in [0.717, 1.165) is 20.3 Å². The van der Waals surface area contributed by atoms with Gasteiger partial charge in [0.2, 0.25) is 0 Å². The Morgan fingerprint density at radius 3 is 2.21 bits per heavy atom. The first-order valence-corrected chi connectivity index (χ1v) is 5.99. The highest BCUT2D eigenvalue weighted by molar-refractivity contribution is 9.10. The number of carbonyl (C=O) groups is 2. The van der Waals surface area contributed by atoms with Gasteiger partial charge >= 0.3 is 11.9 Å². The molecule has 0 bridgehead atoms. The first kappa shape index (κ1) is 15.6. The van der Waals surface area contributed by atoms with Gasteiger partial charge in [-0.05, 0) is 28.1 Å². The van der Waals surface area contributed by atoms with Gasteiger partial charge in [-0.2, -0.15) is 0 Å². The summed E-state index contributed by atoms with van der Waals surface area (Å²) in [5, 5.41) is 0. The second kappa shape index (κ2) is 6.60. The van der Waals surface area contributed by atoms with Gasteiger partial charge < -0.3 is 9.47 Å². The van der Waals surface area contributed by atoms with Gasteiger partial charge in [0, 0.05) is 12.0 Å². The molecule has 1 aromatic rings. The van der Waals surface area contributed by atoms with Gasteiger partial charge in [-0.3, -0.25) is 9.59 Å². The Bertz CT molecular complexity index is 489. The van der Waals surface area contributed by atoms with Crippen LogP contribution >= 0.6 is 15.9 Å². The lowest BCUT2D eigenvalue weighted by molar-refractivity contribution is -0.158. The van der Waals surface area contributed by atoms with E-state index < -0.39 is 35.9 Å². The molecule has 7 heteroatoms. The minimum Gasteiger partial charge on any atom is -0.468 e. The lowest BCUT2D eigenvalue weighted by atomic mass is 9.98. The lowest BCUT2D eigenvalue weighted by Crippen LogP contribution is -2.29. The largest absolute Gasteiger partial charge is 0.468 e. The molecule has 0 aliphatic heterocycles. The molecule has 19 heavy (non-hydrogen) atoms. The summed E-state index contributed by atoms with van der Waals surface area (Å²) in [4.78, 5) is 22.9. The van der Waals surface area contributed by atoms with Crippen LogP contribution in [0.15, 0.2) is 16.6 Å². The number of esters is 2. The third kappa shape index (κ3) is 3.50. The van der Waals surface area contributed by atoms with Crippen LogP contribution < -0.4 is 0 Å². The fourth-order valence-corrected chi connectivity index (χ4v) is 1.88. The molecule has 0 aromatic heterocycles. The standard InChI is InChI=1S/C12H11BrF2O4/c1-18-11(16)7(12(17)19-2)5-6-9(14)4-3-8(13)10(6)15/h3-4,7H,5H2,1-2H3. The second-order valence-electron chi connectivity index (χ2n) is 3.62. The number of halogens is 3. The minimum absolute atomic E-state index is 0.0392. The van der Waals surface area contributed by atoms with Gasteiger partial charge in [0.25, 0.3) is 0 Å². The number of benzene rings is 1. The highest BCUT2D eigenvalue weighted by Gasteiger charge is 2.31. The Labute approximate surface area is 116 Å². The topological polar surface area (TPSA) is 52.6 Å². The van der Waals surface area contributed by atoms with Crippen LogP contribution in [0.1, 0.15) is 5.56 Å². The smallest absolute Gasteiger partial charge is 0.320 e. The maximum atomic E-state index is 13.8. The Morgan fingerprint density at radius 2 is 1.74 bits per heavy atom. The molecule has 0 aliphatic rings. The van der Waals surface area contributed by atoms with E-state index in [1.165, 1.54) is 6.07 Å². The lowest BCUT2D eigenvalue weighted by Gasteiger charge is -2.13. The van der Waals surface area contributed by atoms with Crippen LogP contribution in [-0.2, 0) is 25.5 Å². The van der Waals surface area contributed by atoms with Crippen molar-refractivity contribution in [3.63, 3.8) is 0 Å².